The molecule has 6 nitrogen and oxygen atoms in total. The van der Waals surface area contributed by atoms with Crippen LogP contribution in [0.15, 0.2) is 47.4 Å². The van der Waals surface area contributed by atoms with Crippen molar-refractivity contribution in [1.82, 2.24) is 10.6 Å². The highest BCUT2D eigenvalue weighted by molar-refractivity contribution is 7.92. The van der Waals surface area contributed by atoms with Crippen LogP contribution in [-0.4, -0.2) is 33.5 Å². The van der Waals surface area contributed by atoms with Crippen molar-refractivity contribution >= 4 is 21.6 Å². The van der Waals surface area contributed by atoms with Crippen molar-refractivity contribution in [3.05, 3.63) is 59.4 Å². The van der Waals surface area contributed by atoms with Gasteiger partial charge in [-0.1, -0.05) is 12.1 Å². The van der Waals surface area contributed by atoms with Gasteiger partial charge >= 0.3 is 0 Å². The number of hydrogen-bond donors (Lipinski definition) is 3. The molecule has 0 radical (unpaired) electrons. The first kappa shape index (κ1) is 19.3. The van der Waals surface area contributed by atoms with E-state index in [0.29, 0.717) is 5.56 Å². The summed E-state index contributed by atoms with van der Waals surface area (Å²) < 4.78 is 41.2. The number of nitrogens with one attached hydrogen (secondary N) is 3. The molecule has 2 aromatic carbocycles. The average Bonchev–Trinajstić information content (AvgIpc) is 2.62. The van der Waals surface area contributed by atoms with Crippen LogP contribution in [0.25, 0.3) is 0 Å². The standard InChI is InChI=1S/C19H22FN3O3S/c1-13-12-14(20)6-7-18(13)27(25,26)23-17-5-3-2-4-16(17)19(24)22-15-8-10-21-11-9-15/h2-7,12,15,21,23H,8-11H2,1H3,(H,22,24). The van der Waals surface area contributed by atoms with Gasteiger partial charge < -0.3 is 10.6 Å². The predicted molar refractivity (Wildman–Crippen MR) is 102 cm³/mol. The second-order valence-electron chi connectivity index (χ2n) is 6.56. The first-order valence-corrected chi connectivity index (χ1v) is 10.2. The Hall–Kier alpha value is -2.45. The number of carbonyl (C=O) groups excluding carboxylic acids is 1. The molecule has 1 aliphatic rings. The average molecular weight is 391 g/mol. The Labute approximate surface area is 158 Å². The van der Waals surface area contributed by atoms with Gasteiger partial charge in [0.1, 0.15) is 5.82 Å². The molecule has 3 rings (SSSR count). The quantitative estimate of drug-likeness (QED) is 0.731. The molecule has 0 bridgehead atoms. The van der Waals surface area contributed by atoms with Crippen molar-refractivity contribution < 1.29 is 17.6 Å². The lowest BCUT2D eigenvalue weighted by molar-refractivity contribution is 0.0930. The summed E-state index contributed by atoms with van der Waals surface area (Å²) in [5.41, 5.74) is 0.728. The number of para-hydroxylation sites is 1. The molecular formula is C19H22FN3O3S. The number of benzene rings is 2. The van der Waals surface area contributed by atoms with E-state index < -0.39 is 15.8 Å². The lowest BCUT2D eigenvalue weighted by atomic mass is 10.1. The predicted octanol–water partition coefficient (Wildman–Crippen LogP) is 2.42. The van der Waals surface area contributed by atoms with Crippen molar-refractivity contribution in [1.29, 1.82) is 0 Å². The first-order valence-electron chi connectivity index (χ1n) is 8.76. The molecule has 8 heteroatoms. The van der Waals surface area contributed by atoms with Crippen LogP contribution in [0.4, 0.5) is 10.1 Å². The topological polar surface area (TPSA) is 87.3 Å². The highest BCUT2D eigenvalue weighted by Gasteiger charge is 2.22. The molecule has 1 saturated heterocycles. The number of halogens is 1. The smallest absolute Gasteiger partial charge is 0.262 e. The van der Waals surface area contributed by atoms with Gasteiger partial charge in [0.2, 0.25) is 0 Å². The van der Waals surface area contributed by atoms with Crippen LogP contribution >= 0.6 is 0 Å². The molecule has 0 saturated carbocycles. The zero-order chi connectivity index (χ0) is 19.4. The number of carbonyl (C=O) groups is 1. The third-order valence-electron chi connectivity index (χ3n) is 4.52. The summed E-state index contributed by atoms with van der Waals surface area (Å²) >= 11 is 0. The van der Waals surface area contributed by atoms with Gasteiger partial charge in [-0.15, -0.1) is 0 Å². The van der Waals surface area contributed by atoms with Gasteiger partial charge in [-0.25, -0.2) is 12.8 Å². The van der Waals surface area contributed by atoms with Gasteiger partial charge in [-0.2, -0.15) is 0 Å². The third kappa shape index (κ3) is 4.64. The molecule has 144 valence electrons. The zero-order valence-corrected chi connectivity index (χ0v) is 15.8. The number of amides is 1. The first-order chi connectivity index (χ1) is 12.9. The fourth-order valence-corrected chi connectivity index (χ4v) is 4.42. The van der Waals surface area contributed by atoms with Crippen molar-refractivity contribution in [2.45, 2.75) is 30.7 Å². The molecule has 0 atom stereocenters. The minimum atomic E-state index is -3.96. The highest BCUT2D eigenvalue weighted by atomic mass is 32.2. The fraction of sp³-hybridized carbons (Fsp3) is 0.316. The maximum Gasteiger partial charge on any atom is 0.262 e. The Morgan fingerprint density at radius 3 is 2.56 bits per heavy atom. The summed E-state index contributed by atoms with van der Waals surface area (Å²) in [6.07, 6.45) is 1.66. The SMILES string of the molecule is Cc1cc(F)ccc1S(=O)(=O)Nc1ccccc1C(=O)NC1CCNCC1. The second kappa shape index (κ2) is 8.06. The van der Waals surface area contributed by atoms with E-state index in [9.17, 15) is 17.6 Å². The van der Waals surface area contributed by atoms with Gasteiger partial charge in [-0.3, -0.25) is 9.52 Å². The van der Waals surface area contributed by atoms with Crippen LogP contribution in [0, 0.1) is 12.7 Å². The number of rotatable bonds is 5. The maximum atomic E-state index is 13.3. The Bertz CT molecular complexity index is 941. The number of anilines is 1. The van der Waals surface area contributed by atoms with Gasteiger partial charge in [0.15, 0.2) is 0 Å². The lowest BCUT2D eigenvalue weighted by Gasteiger charge is -2.24. The molecular weight excluding hydrogens is 369 g/mol. The van der Waals surface area contributed by atoms with E-state index in [1.165, 1.54) is 19.1 Å². The van der Waals surface area contributed by atoms with Crippen molar-refractivity contribution in [3.8, 4) is 0 Å². The van der Waals surface area contributed by atoms with Crippen LogP contribution in [-0.2, 0) is 10.0 Å². The Morgan fingerprint density at radius 1 is 1.15 bits per heavy atom. The van der Waals surface area contributed by atoms with E-state index >= 15 is 0 Å². The molecule has 2 aromatic rings. The van der Waals surface area contributed by atoms with E-state index in [0.717, 1.165) is 38.1 Å². The Kier molecular flexibility index (Phi) is 5.76. The molecule has 0 aromatic heterocycles. The molecule has 27 heavy (non-hydrogen) atoms. The minimum absolute atomic E-state index is 0.0301. The molecule has 0 unspecified atom stereocenters. The third-order valence-corrected chi connectivity index (χ3v) is 6.04. The largest absolute Gasteiger partial charge is 0.349 e. The summed E-state index contributed by atoms with van der Waals surface area (Å²) in [4.78, 5) is 12.6. The number of aryl methyl sites for hydroxylation is 1. The van der Waals surface area contributed by atoms with Crippen molar-refractivity contribution in [3.63, 3.8) is 0 Å². The summed E-state index contributed by atoms with van der Waals surface area (Å²) in [6, 6.07) is 9.96. The van der Waals surface area contributed by atoms with E-state index in [1.54, 1.807) is 18.2 Å². The lowest BCUT2D eigenvalue weighted by Crippen LogP contribution is -2.42. The van der Waals surface area contributed by atoms with E-state index in [4.69, 9.17) is 0 Å². The summed E-state index contributed by atoms with van der Waals surface area (Å²) in [5.74, 6) is -0.829. The monoisotopic (exact) mass is 391 g/mol. The normalized spacial score (nSPS) is 15.3. The zero-order valence-electron chi connectivity index (χ0n) is 15.0. The number of piperidine rings is 1. The molecule has 1 fully saturated rings. The molecule has 3 N–H and O–H groups in total. The summed E-state index contributed by atoms with van der Waals surface area (Å²) in [5, 5.41) is 6.18. The van der Waals surface area contributed by atoms with Crippen LogP contribution in [0.5, 0.6) is 0 Å². The summed E-state index contributed by atoms with van der Waals surface area (Å²) in [7, 11) is -3.96. The number of hydrogen-bond acceptors (Lipinski definition) is 4. The Morgan fingerprint density at radius 2 is 1.85 bits per heavy atom. The van der Waals surface area contributed by atoms with Crippen LogP contribution in [0.2, 0.25) is 0 Å². The molecule has 1 amide bonds. The maximum absolute atomic E-state index is 13.3. The minimum Gasteiger partial charge on any atom is -0.349 e. The molecule has 0 spiro atoms. The van der Waals surface area contributed by atoms with E-state index in [1.807, 2.05) is 0 Å². The highest BCUT2D eigenvalue weighted by Crippen LogP contribution is 2.23. The van der Waals surface area contributed by atoms with Gasteiger partial charge in [-0.05, 0) is 68.8 Å². The van der Waals surface area contributed by atoms with Gasteiger partial charge in [0, 0.05) is 6.04 Å². The Balaban J connectivity index is 1.84. The van der Waals surface area contributed by atoms with Gasteiger partial charge in [0.05, 0.1) is 16.1 Å². The molecule has 0 aliphatic carbocycles. The number of sulfonamides is 1. The van der Waals surface area contributed by atoms with E-state index in [2.05, 4.69) is 15.4 Å². The van der Waals surface area contributed by atoms with Crippen LogP contribution in [0.1, 0.15) is 28.8 Å². The second-order valence-corrected chi connectivity index (χ2v) is 8.21. The molecule has 1 aliphatic heterocycles. The molecule has 1 heterocycles. The van der Waals surface area contributed by atoms with Crippen molar-refractivity contribution in [2.75, 3.05) is 17.8 Å². The van der Waals surface area contributed by atoms with Gasteiger partial charge in [0.25, 0.3) is 15.9 Å². The summed E-state index contributed by atoms with van der Waals surface area (Å²) in [6.45, 7) is 3.19. The van der Waals surface area contributed by atoms with Crippen LogP contribution < -0.4 is 15.4 Å². The van der Waals surface area contributed by atoms with Crippen molar-refractivity contribution in [2.24, 2.45) is 0 Å². The van der Waals surface area contributed by atoms with Crippen LogP contribution in [0.3, 0.4) is 0 Å². The van der Waals surface area contributed by atoms with E-state index in [-0.39, 0.29) is 28.1 Å². The fourth-order valence-electron chi connectivity index (χ4n) is 3.11.